The topological polar surface area (TPSA) is 66.5 Å². The number of nitrogens with zero attached hydrogens (tertiary/aromatic N) is 1. The molecule has 0 aliphatic carbocycles. The summed E-state index contributed by atoms with van der Waals surface area (Å²) in [4.78, 5) is 12.2. The van der Waals surface area contributed by atoms with E-state index in [1.807, 2.05) is 0 Å². The van der Waals surface area contributed by atoms with Crippen LogP contribution in [0.5, 0.6) is 0 Å². The van der Waals surface area contributed by atoms with Gasteiger partial charge in [-0.3, -0.25) is 4.79 Å². The summed E-state index contributed by atoms with van der Waals surface area (Å²) in [7, 11) is -2.54. The Hall–Kier alpha value is -1.02. The van der Waals surface area contributed by atoms with Gasteiger partial charge >= 0.3 is 0 Å². The highest BCUT2D eigenvalue weighted by atomic mass is 35.5. The van der Waals surface area contributed by atoms with E-state index < -0.39 is 22.5 Å². The van der Waals surface area contributed by atoms with Crippen molar-refractivity contribution in [3.8, 4) is 0 Å². The lowest BCUT2D eigenvalue weighted by molar-refractivity contribution is -0.116. The first-order chi connectivity index (χ1) is 11.6. The largest absolute Gasteiger partial charge is 0.324 e. The second-order valence-corrected chi connectivity index (χ2v) is 8.71. The Kier molecular flexibility index (Phi) is 6.59. The van der Waals surface area contributed by atoms with Crippen molar-refractivity contribution in [3.05, 3.63) is 56.5 Å². The summed E-state index contributed by atoms with van der Waals surface area (Å²) in [6.45, 7) is -0.415. The van der Waals surface area contributed by atoms with Crippen LogP contribution in [0.2, 0.25) is 20.1 Å². The van der Waals surface area contributed by atoms with Gasteiger partial charge in [0.1, 0.15) is 0 Å². The Morgan fingerprint density at radius 2 is 1.56 bits per heavy atom. The minimum absolute atomic E-state index is 0.0276. The molecule has 2 rings (SSSR count). The van der Waals surface area contributed by atoms with E-state index in [-0.39, 0.29) is 25.7 Å². The molecule has 5 nitrogen and oxygen atoms in total. The molecule has 1 amide bonds. The summed E-state index contributed by atoms with van der Waals surface area (Å²) >= 11 is 23.4. The maximum absolute atomic E-state index is 12.4. The quantitative estimate of drug-likeness (QED) is 0.691. The number of nitrogens with one attached hydrogen (secondary N) is 1. The van der Waals surface area contributed by atoms with Crippen LogP contribution in [0.4, 0.5) is 5.69 Å². The molecule has 10 heteroatoms. The highest BCUT2D eigenvalue weighted by Crippen LogP contribution is 2.32. The standard InChI is InChI=1S/C15H12Cl4N2O3S/c1-21(25(23,24)10-4-2-9(16)3-5-10)8-15(22)20-14-7-12(18)11(17)6-13(14)19/h2-7H,8H2,1H3,(H,20,22). The Labute approximate surface area is 165 Å². The zero-order valence-electron chi connectivity index (χ0n) is 12.8. The Morgan fingerprint density at radius 1 is 1.00 bits per heavy atom. The average Bonchev–Trinajstić information content (AvgIpc) is 2.52. The van der Waals surface area contributed by atoms with Gasteiger partial charge in [0, 0.05) is 12.1 Å². The van der Waals surface area contributed by atoms with Crippen LogP contribution in [0.1, 0.15) is 0 Å². The van der Waals surface area contributed by atoms with Crippen molar-refractivity contribution in [1.29, 1.82) is 0 Å². The fraction of sp³-hybridized carbons (Fsp3) is 0.133. The van der Waals surface area contributed by atoms with E-state index in [4.69, 9.17) is 46.4 Å². The van der Waals surface area contributed by atoms with Crippen LogP contribution in [-0.4, -0.2) is 32.2 Å². The SMILES string of the molecule is CN(CC(=O)Nc1cc(Cl)c(Cl)cc1Cl)S(=O)(=O)c1ccc(Cl)cc1. The second-order valence-electron chi connectivity index (χ2n) is 5.01. The van der Waals surface area contributed by atoms with Gasteiger partial charge in [0.2, 0.25) is 15.9 Å². The number of sulfonamides is 1. The molecule has 0 heterocycles. The number of benzene rings is 2. The van der Waals surface area contributed by atoms with Gasteiger partial charge < -0.3 is 5.32 Å². The number of carbonyl (C=O) groups is 1. The summed E-state index contributed by atoms with van der Waals surface area (Å²) in [5.41, 5.74) is 0.235. The van der Waals surface area contributed by atoms with Gasteiger partial charge in [0.05, 0.1) is 32.2 Å². The van der Waals surface area contributed by atoms with Crippen molar-refractivity contribution in [2.24, 2.45) is 0 Å². The van der Waals surface area contributed by atoms with Crippen LogP contribution < -0.4 is 5.32 Å². The van der Waals surface area contributed by atoms with Gasteiger partial charge in [-0.25, -0.2) is 8.42 Å². The lowest BCUT2D eigenvalue weighted by Crippen LogP contribution is -2.35. The van der Waals surface area contributed by atoms with E-state index in [2.05, 4.69) is 5.32 Å². The normalized spacial score (nSPS) is 11.6. The molecule has 0 radical (unpaired) electrons. The van der Waals surface area contributed by atoms with Crippen molar-refractivity contribution in [2.75, 3.05) is 18.9 Å². The number of carbonyl (C=O) groups excluding carboxylic acids is 1. The van der Waals surface area contributed by atoms with Crippen LogP contribution in [0.25, 0.3) is 0 Å². The van der Waals surface area contributed by atoms with Crippen molar-refractivity contribution in [2.45, 2.75) is 4.90 Å². The Balaban J connectivity index is 2.12. The van der Waals surface area contributed by atoms with Gasteiger partial charge in [0.15, 0.2) is 0 Å². The summed E-state index contributed by atoms with van der Waals surface area (Å²) in [6, 6.07) is 8.41. The third kappa shape index (κ3) is 5.00. The first-order valence-corrected chi connectivity index (χ1v) is 9.73. The van der Waals surface area contributed by atoms with Gasteiger partial charge in [-0.2, -0.15) is 4.31 Å². The molecule has 0 saturated heterocycles. The van der Waals surface area contributed by atoms with Crippen molar-refractivity contribution in [3.63, 3.8) is 0 Å². The fourth-order valence-electron chi connectivity index (χ4n) is 1.88. The molecule has 0 aliphatic heterocycles. The first-order valence-electron chi connectivity index (χ1n) is 6.77. The molecule has 134 valence electrons. The van der Waals surface area contributed by atoms with Crippen LogP contribution in [0.15, 0.2) is 41.3 Å². The molecule has 2 aromatic carbocycles. The Morgan fingerprint density at radius 3 is 2.16 bits per heavy atom. The zero-order valence-corrected chi connectivity index (χ0v) is 16.6. The maximum atomic E-state index is 12.4. The van der Waals surface area contributed by atoms with E-state index in [1.54, 1.807) is 0 Å². The van der Waals surface area contributed by atoms with E-state index >= 15 is 0 Å². The van der Waals surface area contributed by atoms with Crippen molar-refractivity contribution >= 4 is 68.0 Å². The van der Waals surface area contributed by atoms with Crippen LogP contribution in [0.3, 0.4) is 0 Å². The molecule has 0 saturated carbocycles. The van der Waals surface area contributed by atoms with Crippen LogP contribution in [0, 0.1) is 0 Å². The molecule has 0 unspecified atom stereocenters. The monoisotopic (exact) mass is 440 g/mol. The number of hydrogen-bond donors (Lipinski definition) is 1. The van der Waals surface area contributed by atoms with Crippen molar-refractivity contribution < 1.29 is 13.2 Å². The van der Waals surface area contributed by atoms with Gasteiger partial charge in [-0.1, -0.05) is 46.4 Å². The molecule has 0 fully saturated rings. The highest BCUT2D eigenvalue weighted by Gasteiger charge is 2.23. The van der Waals surface area contributed by atoms with Crippen LogP contribution in [-0.2, 0) is 14.8 Å². The summed E-state index contributed by atoms with van der Waals surface area (Å²) in [5, 5.41) is 3.55. The molecular weight excluding hydrogens is 430 g/mol. The number of rotatable bonds is 5. The van der Waals surface area contributed by atoms with E-state index in [0.717, 1.165) is 4.31 Å². The second kappa shape index (κ2) is 8.12. The van der Waals surface area contributed by atoms with Gasteiger partial charge in [-0.15, -0.1) is 0 Å². The van der Waals surface area contributed by atoms with Crippen LogP contribution >= 0.6 is 46.4 Å². The molecule has 0 atom stereocenters. The Bertz CT molecular complexity index is 902. The predicted octanol–water partition coefficient (Wildman–Crippen LogP) is 4.56. The first kappa shape index (κ1) is 20.3. The predicted molar refractivity (Wildman–Crippen MR) is 101 cm³/mol. The molecule has 25 heavy (non-hydrogen) atoms. The van der Waals surface area contributed by atoms with Gasteiger partial charge in [0.25, 0.3) is 0 Å². The molecule has 0 aromatic heterocycles. The van der Waals surface area contributed by atoms with Crippen molar-refractivity contribution in [1.82, 2.24) is 4.31 Å². The molecule has 0 bridgehead atoms. The lowest BCUT2D eigenvalue weighted by Gasteiger charge is -2.17. The van der Waals surface area contributed by atoms with E-state index in [1.165, 1.54) is 43.4 Å². The average molecular weight is 442 g/mol. The molecule has 1 N–H and O–H groups in total. The molecule has 0 spiro atoms. The van der Waals surface area contributed by atoms with E-state index in [9.17, 15) is 13.2 Å². The number of hydrogen-bond acceptors (Lipinski definition) is 3. The fourth-order valence-corrected chi connectivity index (χ4v) is 3.73. The van der Waals surface area contributed by atoms with Gasteiger partial charge in [-0.05, 0) is 36.4 Å². The third-order valence-electron chi connectivity index (χ3n) is 3.17. The number of halogens is 4. The molecule has 0 aliphatic rings. The molecular formula is C15H12Cl4N2O3S. The third-order valence-corrected chi connectivity index (χ3v) is 6.28. The summed E-state index contributed by atoms with van der Waals surface area (Å²) in [5.74, 6) is -0.583. The number of anilines is 1. The highest BCUT2D eigenvalue weighted by molar-refractivity contribution is 7.89. The smallest absolute Gasteiger partial charge is 0.243 e. The number of amides is 1. The van der Waals surface area contributed by atoms with E-state index in [0.29, 0.717) is 5.02 Å². The zero-order chi connectivity index (χ0) is 18.8. The minimum atomic E-state index is -3.83. The minimum Gasteiger partial charge on any atom is -0.324 e. The maximum Gasteiger partial charge on any atom is 0.243 e. The summed E-state index contributed by atoms with van der Waals surface area (Å²) in [6.07, 6.45) is 0. The summed E-state index contributed by atoms with van der Waals surface area (Å²) < 4.78 is 25.8. The number of likely N-dealkylation sites (N-methyl/N-ethyl adjacent to an activating group) is 1. The lowest BCUT2D eigenvalue weighted by atomic mass is 10.3. The molecule has 2 aromatic rings.